The van der Waals surface area contributed by atoms with Crippen LogP contribution in [-0.2, 0) is 6.54 Å². The van der Waals surface area contributed by atoms with Crippen LogP contribution in [0.4, 0.5) is 5.69 Å². The summed E-state index contributed by atoms with van der Waals surface area (Å²) in [6, 6.07) is 15.1. The molecule has 0 bridgehead atoms. The molecule has 1 aliphatic heterocycles. The number of rotatable bonds is 9. The smallest absolute Gasteiger partial charge is 0.320 e. The summed E-state index contributed by atoms with van der Waals surface area (Å²) in [7, 11) is 0. The quantitative estimate of drug-likeness (QED) is 0.240. The Balaban J connectivity index is 1.56. The minimum absolute atomic E-state index is 0.0584. The number of hydrazone groups is 1. The topological polar surface area (TPSA) is 112 Å². The Morgan fingerprint density at radius 1 is 1.05 bits per heavy atom. The number of nitro groups is 1. The highest BCUT2D eigenvalue weighted by Gasteiger charge is 2.45. The zero-order chi connectivity index (χ0) is 28.2. The molecule has 2 heterocycles. The molecular weight excluding hydrogens is 510 g/mol. The van der Waals surface area contributed by atoms with E-state index in [4.69, 9.17) is 14.6 Å². The van der Waals surface area contributed by atoms with E-state index in [1.54, 1.807) is 0 Å². The van der Waals surface area contributed by atoms with Gasteiger partial charge in [0.15, 0.2) is 0 Å². The average molecular weight is 544 g/mol. The maximum atomic E-state index is 13.9. The molecule has 2 atom stereocenters. The number of carbonyl (C=O) groups excluding carboxylic acids is 1. The van der Waals surface area contributed by atoms with Crippen molar-refractivity contribution in [3.8, 4) is 11.5 Å². The molecular formula is C30H33N5O5. The van der Waals surface area contributed by atoms with Gasteiger partial charge in [-0.2, -0.15) is 10.2 Å². The Bertz CT molecular complexity index is 1440. The van der Waals surface area contributed by atoms with Gasteiger partial charge >= 0.3 is 11.6 Å². The highest BCUT2D eigenvalue weighted by Crippen LogP contribution is 2.45. The van der Waals surface area contributed by atoms with E-state index in [0.717, 1.165) is 53.2 Å². The van der Waals surface area contributed by atoms with Gasteiger partial charge in [0.25, 0.3) is 0 Å². The van der Waals surface area contributed by atoms with E-state index < -0.39 is 16.9 Å². The van der Waals surface area contributed by atoms with Crippen LogP contribution in [0.25, 0.3) is 6.08 Å². The molecule has 0 radical (unpaired) electrons. The van der Waals surface area contributed by atoms with Crippen LogP contribution in [0.2, 0.25) is 0 Å². The fourth-order valence-electron chi connectivity index (χ4n) is 5.42. The average Bonchev–Trinajstić information content (AvgIpc) is 3.58. The Hall–Kier alpha value is -4.47. The van der Waals surface area contributed by atoms with Crippen LogP contribution in [0.15, 0.2) is 65.4 Å². The van der Waals surface area contributed by atoms with Gasteiger partial charge in [-0.15, -0.1) is 0 Å². The maximum absolute atomic E-state index is 13.9. The second-order valence-electron chi connectivity index (χ2n) is 9.73. The first kappa shape index (κ1) is 27.1. The number of aryl methyl sites for hydroxylation is 1. The predicted octanol–water partition coefficient (Wildman–Crippen LogP) is 6.05. The largest absolute Gasteiger partial charge is 0.494 e. The molecule has 10 heteroatoms. The van der Waals surface area contributed by atoms with E-state index in [9.17, 15) is 14.9 Å². The van der Waals surface area contributed by atoms with Gasteiger partial charge in [-0.3, -0.25) is 19.6 Å². The molecule has 2 aliphatic rings. The molecule has 1 aromatic heterocycles. The molecule has 1 aliphatic carbocycles. The van der Waals surface area contributed by atoms with Crippen molar-refractivity contribution in [2.45, 2.75) is 52.6 Å². The van der Waals surface area contributed by atoms with Gasteiger partial charge in [-0.1, -0.05) is 24.3 Å². The predicted molar refractivity (Wildman–Crippen MR) is 151 cm³/mol. The molecule has 208 valence electrons. The third kappa shape index (κ3) is 5.34. The molecule has 0 saturated heterocycles. The van der Waals surface area contributed by atoms with Crippen molar-refractivity contribution in [3.05, 3.63) is 87.2 Å². The van der Waals surface area contributed by atoms with E-state index in [0.29, 0.717) is 19.8 Å². The van der Waals surface area contributed by atoms with Crippen molar-refractivity contribution < 1.29 is 19.2 Å². The molecule has 2 unspecified atom stereocenters. The highest BCUT2D eigenvalue weighted by atomic mass is 16.6. The second kappa shape index (κ2) is 11.7. The SMILES string of the molecule is CCOc1ccc(/C=C2\CCCC3C2=NN(C(=O)c2nn(CC)cc2[N+](=O)[O-])C3c2ccc(OCC)cc2)cc1. The summed E-state index contributed by atoms with van der Waals surface area (Å²) in [5, 5.41) is 22.3. The number of aromatic nitrogens is 2. The monoisotopic (exact) mass is 543 g/mol. The fourth-order valence-corrected chi connectivity index (χ4v) is 5.42. The number of nitrogens with zero attached hydrogens (tertiary/aromatic N) is 5. The summed E-state index contributed by atoms with van der Waals surface area (Å²) in [6.45, 7) is 7.25. The van der Waals surface area contributed by atoms with Crippen LogP contribution >= 0.6 is 0 Å². The number of allylic oxidation sites excluding steroid dienone is 1. The lowest BCUT2D eigenvalue weighted by molar-refractivity contribution is -0.385. The Kier molecular flexibility index (Phi) is 7.95. The van der Waals surface area contributed by atoms with Gasteiger partial charge < -0.3 is 9.47 Å². The number of hydrogen-bond acceptors (Lipinski definition) is 7. The second-order valence-corrected chi connectivity index (χ2v) is 9.73. The maximum Gasteiger partial charge on any atom is 0.320 e. The zero-order valence-corrected chi connectivity index (χ0v) is 22.9. The van der Waals surface area contributed by atoms with Crippen molar-refractivity contribution in [1.82, 2.24) is 14.8 Å². The standard InChI is InChI=1S/C30H33N5O5/c1-4-33-19-26(35(37)38)28(31-33)30(36)34-29(21-12-16-24(17-13-21)40-6-3)25-9-7-8-22(27(25)32-34)18-20-10-14-23(15-11-20)39-5-2/h10-19,25,29H,4-9H2,1-3H3/b22-18+. The molecule has 3 aromatic rings. The molecule has 0 spiro atoms. The number of benzene rings is 2. The van der Waals surface area contributed by atoms with Crippen molar-refractivity contribution in [2.24, 2.45) is 11.0 Å². The molecule has 1 amide bonds. The number of ether oxygens (including phenoxy) is 2. The van der Waals surface area contributed by atoms with Crippen molar-refractivity contribution >= 4 is 23.4 Å². The molecule has 10 nitrogen and oxygen atoms in total. The normalized spacial score (nSPS) is 19.3. The van der Waals surface area contributed by atoms with Crippen molar-refractivity contribution in [3.63, 3.8) is 0 Å². The Morgan fingerprint density at radius 3 is 2.30 bits per heavy atom. The number of amides is 1. The minimum Gasteiger partial charge on any atom is -0.494 e. The molecule has 40 heavy (non-hydrogen) atoms. The first-order chi connectivity index (χ1) is 19.4. The van der Waals surface area contributed by atoms with Gasteiger partial charge in [-0.05, 0) is 87.1 Å². The lowest BCUT2D eigenvalue weighted by Gasteiger charge is -2.29. The van der Waals surface area contributed by atoms with Gasteiger partial charge in [0.2, 0.25) is 5.69 Å². The number of hydrogen-bond donors (Lipinski definition) is 0. The zero-order valence-electron chi connectivity index (χ0n) is 22.9. The van der Waals surface area contributed by atoms with Gasteiger partial charge in [0.05, 0.1) is 29.9 Å². The first-order valence-corrected chi connectivity index (χ1v) is 13.7. The Labute approximate surface area is 233 Å². The fraction of sp³-hybridized carbons (Fsp3) is 0.367. The van der Waals surface area contributed by atoms with Crippen LogP contribution in [0.5, 0.6) is 11.5 Å². The summed E-state index contributed by atoms with van der Waals surface area (Å²) >= 11 is 0. The molecule has 2 aromatic carbocycles. The van der Waals surface area contributed by atoms with Crippen molar-refractivity contribution in [2.75, 3.05) is 13.2 Å². The van der Waals surface area contributed by atoms with E-state index in [-0.39, 0.29) is 17.3 Å². The van der Waals surface area contributed by atoms with Gasteiger partial charge in [0.1, 0.15) is 17.7 Å². The van der Waals surface area contributed by atoms with E-state index >= 15 is 0 Å². The minimum atomic E-state index is -0.583. The highest BCUT2D eigenvalue weighted by molar-refractivity contribution is 6.09. The number of fused-ring (bicyclic) bond motifs is 1. The first-order valence-electron chi connectivity index (χ1n) is 13.7. The summed E-state index contributed by atoms with van der Waals surface area (Å²) < 4.78 is 12.6. The van der Waals surface area contributed by atoms with Gasteiger partial charge in [-0.25, -0.2) is 5.01 Å². The van der Waals surface area contributed by atoms with E-state index in [1.807, 2.05) is 69.3 Å². The third-order valence-electron chi connectivity index (χ3n) is 7.24. The summed E-state index contributed by atoms with van der Waals surface area (Å²) in [5.74, 6) is 0.905. The van der Waals surface area contributed by atoms with E-state index in [1.165, 1.54) is 15.9 Å². The molecule has 5 rings (SSSR count). The summed E-state index contributed by atoms with van der Waals surface area (Å²) in [6.07, 6.45) is 6.01. The van der Waals surface area contributed by atoms with Crippen LogP contribution in [-0.4, -0.2) is 44.5 Å². The van der Waals surface area contributed by atoms with Crippen LogP contribution in [0.3, 0.4) is 0 Å². The summed E-state index contributed by atoms with van der Waals surface area (Å²) in [5.41, 5.74) is 3.27. The number of carbonyl (C=O) groups is 1. The van der Waals surface area contributed by atoms with Gasteiger partial charge in [0, 0.05) is 12.5 Å². The third-order valence-corrected chi connectivity index (χ3v) is 7.24. The van der Waals surface area contributed by atoms with Crippen LogP contribution in [0, 0.1) is 16.0 Å². The molecule has 1 fully saturated rings. The Morgan fingerprint density at radius 2 is 1.70 bits per heavy atom. The van der Waals surface area contributed by atoms with Crippen LogP contribution in [0.1, 0.15) is 67.7 Å². The molecule has 1 saturated carbocycles. The lowest BCUT2D eigenvalue weighted by Crippen LogP contribution is -2.32. The van der Waals surface area contributed by atoms with Crippen LogP contribution < -0.4 is 9.47 Å². The molecule has 0 N–H and O–H groups in total. The summed E-state index contributed by atoms with van der Waals surface area (Å²) in [4.78, 5) is 25.2. The lowest BCUT2D eigenvalue weighted by atomic mass is 9.77. The van der Waals surface area contributed by atoms with E-state index in [2.05, 4.69) is 11.2 Å². The van der Waals surface area contributed by atoms with Crippen molar-refractivity contribution in [1.29, 1.82) is 0 Å².